The first-order valence-electron chi connectivity index (χ1n) is 7.09. The van der Waals surface area contributed by atoms with Crippen molar-refractivity contribution in [3.05, 3.63) is 47.7 Å². The van der Waals surface area contributed by atoms with Crippen molar-refractivity contribution < 1.29 is 23.5 Å². The van der Waals surface area contributed by atoms with E-state index in [4.69, 9.17) is 13.9 Å². The highest BCUT2D eigenvalue weighted by molar-refractivity contribution is 5.90. The Bertz CT molecular complexity index is 693. The van der Waals surface area contributed by atoms with Gasteiger partial charge in [-0.3, -0.25) is 4.98 Å². The monoisotopic (exact) mass is 318 g/mol. The molecule has 122 valence electrons. The molecule has 0 saturated heterocycles. The zero-order valence-corrected chi connectivity index (χ0v) is 13.2. The second kappa shape index (κ2) is 7.44. The third-order valence-corrected chi connectivity index (χ3v) is 2.81. The maximum Gasteiger partial charge on any atom is 0.374 e. The Morgan fingerprint density at radius 3 is 2.74 bits per heavy atom. The van der Waals surface area contributed by atoms with Crippen LogP contribution in [0.5, 0.6) is 0 Å². The molecule has 2 aromatic heterocycles. The van der Waals surface area contributed by atoms with E-state index in [2.05, 4.69) is 10.3 Å². The number of nitrogens with one attached hydrogen (secondary N) is 1. The fourth-order valence-electron chi connectivity index (χ4n) is 1.75. The summed E-state index contributed by atoms with van der Waals surface area (Å²) in [5.41, 5.74) is 1.03. The number of nitrogens with zero attached hydrogens (tertiary/aromatic N) is 1. The van der Waals surface area contributed by atoms with Gasteiger partial charge in [0.1, 0.15) is 12.4 Å². The van der Waals surface area contributed by atoms with Gasteiger partial charge in [0, 0.05) is 19.4 Å². The van der Waals surface area contributed by atoms with Gasteiger partial charge in [0.2, 0.25) is 5.76 Å². The first-order chi connectivity index (χ1) is 11.0. The van der Waals surface area contributed by atoms with E-state index in [9.17, 15) is 9.59 Å². The molecule has 0 bridgehead atoms. The minimum absolute atomic E-state index is 0.0728. The average molecular weight is 318 g/mol. The van der Waals surface area contributed by atoms with Crippen molar-refractivity contribution in [1.29, 1.82) is 0 Å². The molecule has 2 aromatic rings. The number of aromatic nitrogens is 1. The van der Waals surface area contributed by atoms with Gasteiger partial charge < -0.3 is 19.2 Å². The first kappa shape index (κ1) is 16.5. The van der Waals surface area contributed by atoms with Crippen LogP contribution in [0.15, 0.2) is 35.0 Å². The van der Waals surface area contributed by atoms with E-state index in [-0.39, 0.29) is 18.5 Å². The highest BCUT2D eigenvalue weighted by Crippen LogP contribution is 2.13. The number of carbonyl (C=O) groups excluding carboxylic acids is 2. The van der Waals surface area contributed by atoms with Gasteiger partial charge in [0.25, 0.3) is 0 Å². The van der Waals surface area contributed by atoms with Gasteiger partial charge in [0.05, 0.1) is 17.4 Å². The Kier molecular flexibility index (Phi) is 5.35. The van der Waals surface area contributed by atoms with Crippen molar-refractivity contribution in [1.82, 2.24) is 4.98 Å². The van der Waals surface area contributed by atoms with Crippen LogP contribution < -0.4 is 5.32 Å². The molecular formula is C16H18N2O5. The molecule has 0 amide bonds. The summed E-state index contributed by atoms with van der Waals surface area (Å²) in [6.45, 7) is 3.41. The highest BCUT2D eigenvalue weighted by Gasteiger charge is 2.15. The van der Waals surface area contributed by atoms with Crippen molar-refractivity contribution in [3.63, 3.8) is 0 Å². The SMILES string of the molecule is CNc1cncc(C(=O)OCc2ccc(C(=O)OC(C)C)o2)c1. The van der Waals surface area contributed by atoms with Crippen LogP contribution in [0.3, 0.4) is 0 Å². The van der Waals surface area contributed by atoms with Crippen LogP contribution in [-0.2, 0) is 16.1 Å². The van der Waals surface area contributed by atoms with Gasteiger partial charge in [-0.05, 0) is 32.0 Å². The Labute approximate surface area is 133 Å². The Hall–Kier alpha value is -2.83. The molecule has 0 aliphatic heterocycles. The third-order valence-electron chi connectivity index (χ3n) is 2.81. The lowest BCUT2D eigenvalue weighted by Crippen LogP contribution is -2.10. The van der Waals surface area contributed by atoms with Crippen LogP contribution >= 0.6 is 0 Å². The molecule has 0 fully saturated rings. The molecule has 1 N–H and O–H groups in total. The van der Waals surface area contributed by atoms with Gasteiger partial charge in [-0.25, -0.2) is 9.59 Å². The molecule has 0 radical (unpaired) electrons. The van der Waals surface area contributed by atoms with Gasteiger partial charge in [-0.15, -0.1) is 0 Å². The number of pyridine rings is 1. The van der Waals surface area contributed by atoms with Crippen LogP contribution in [0.2, 0.25) is 0 Å². The zero-order chi connectivity index (χ0) is 16.8. The molecule has 2 heterocycles. The minimum atomic E-state index is -0.552. The van der Waals surface area contributed by atoms with E-state index < -0.39 is 11.9 Å². The Morgan fingerprint density at radius 2 is 2.04 bits per heavy atom. The lowest BCUT2D eigenvalue weighted by molar-refractivity contribution is 0.0331. The second-order valence-corrected chi connectivity index (χ2v) is 5.01. The van der Waals surface area contributed by atoms with Crippen LogP contribution in [0.1, 0.15) is 40.5 Å². The summed E-state index contributed by atoms with van der Waals surface area (Å²) in [7, 11) is 1.73. The fourth-order valence-corrected chi connectivity index (χ4v) is 1.75. The molecule has 7 heteroatoms. The lowest BCUT2D eigenvalue weighted by atomic mass is 10.2. The molecule has 2 rings (SSSR count). The molecule has 0 atom stereocenters. The molecule has 0 unspecified atom stereocenters. The number of carbonyl (C=O) groups is 2. The van der Waals surface area contributed by atoms with Crippen molar-refractivity contribution in [2.24, 2.45) is 0 Å². The van der Waals surface area contributed by atoms with E-state index in [0.29, 0.717) is 17.0 Å². The predicted octanol–water partition coefficient (Wildman–Crippen LogP) is 2.64. The van der Waals surface area contributed by atoms with E-state index in [1.165, 1.54) is 12.3 Å². The summed E-state index contributed by atoms with van der Waals surface area (Å²) in [5, 5.41) is 2.89. The maximum atomic E-state index is 11.9. The van der Waals surface area contributed by atoms with Gasteiger partial charge in [0.15, 0.2) is 0 Å². The number of esters is 2. The molecule has 23 heavy (non-hydrogen) atoms. The van der Waals surface area contributed by atoms with Crippen molar-refractivity contribution >= 4 is 17.6 Å². The number of hydrogen-bond donors (Lipinski definition) is 1. The molecule has 7 nitrogen and oxygen atoms in total. The minimum Gasteiger partial charge on any atom is -0.457 e. The Morgan fingerprint density at radius 1 is 1.26 bits per heavy atom. The summed E-state index contributed by atoms with van der Waals surface area (Å²) >= 11 is 0. The van der Waals surface area contributed by atoms with Crippen molar-refractivity contribution in [2.45, 2.75) is 26.6 Å². The molecule has 0 aromatic carbocycles. The van der Waals surface area contributed by atoms with Crippen LogP contribution in [0.4, 0.5) is 5.69 Å². The van der Waals surface area contributed by atoms with Gasteiger partial charge in [-0.1, -0.05) is 0 Å². The highest BCUT2D eigenvalue weighted by atomic mass is 16.6. The standard InChI is InChI=1S/C16H18N2O5/c1-10(2)22-16(20)14-5-4-13(23-14)9-21-15(19)11-6-12(17-3)8-18-7-11/h4-8,10,17H,9H2,1-3H3. The molecule has 0 saturated carbocycles. The van der Waals surface area contributed by atoms with E-state index in [0.717, 1.165) is 0 Å². The normalized spacial score (nSPS) is 10.4. The largest absolute Gasteiger partial charge is 0.457 e. The number of ether oxygens (including phenoxy) is 2. The maximum absolute atomic E-state index is 11.9. The summed E-state index contributed by atoms with van der Waals surface area (Å²) in [6.07, 6.45) is 2.77. The molecule has 0 aliphatic rings. The van der Waals surface area contributed by atoms with Crippen LogP contribution in [0, 0.1) is 0 Å². The first-order valence-corrected chi connectivity index (χ1v) is 7.09. The summed E-state index contributed by atoms with van der Waals surface area (Å²) < 4.78 is 15.4. The fraction of sp³-hybridized carbons (Fsp3) is 0.312. The number of hydrogen-bond acceptors (Lipinski definition) is 7. The summed E-state index contributed by atoms with van der Waals surface area (Å²) in [4.78, 5) is 27.5. The second-order valence-electron chi connectivity index (χ2n) is 5.01. The lowest BCUT2D eigenvalue weighted by Gasteiger charge is -2.06. The number of furan rings is 1. The van der Waals surface area contributed by atoms with Gasteiger partial charge in [-0.2, -0.15) is 0 Å². The van der Waals surface area contributed by atoms with Crippen LogP contribution in [-0.4, -0.2) is 30.1 Å². The zero-order valence-electron chi connectivity index (χ0n) is 13.2. The molecular weight excluding hydrogens is 300 g/mol. The summed E-state index contributed by atoms with van der Waals surface area (Å²) in [6, 6.07) is 4.67. The quantitative estimate of drug-likeness (QED) is 0.819. The van der Waals surface area contributed by atoms with Gasteiger partial charge >= 0.3 is 11.9 Å². The summed E-state index contributed by atoms with van der Waals surface area (Å²) in [5.74, 6) is -0.656. The topological polar surface area (TPSA) is 90.7 Å². The number of anilines is 1. The smallest absolute Gasteiger partial charge is 0.374 e. The molecule has 0 spiro atoms. The van der Waals surface area contributed by atoms with E-state index in [1.54, 1.807) is 39.2 Å². The average Bonchev–Trinajstić information content (AvgIpc) is 3.01. The third kappa shape index (κ3) is 4.57. The van der Waals surface area contributed by atoms with E-state index in [1.807, 2.05) is 0 Å². The van der Waals surface area contributed by atoms with E-state index >= 15 is 0 Å². The van der Waals surface area contributed by atoms with Crippen molar-refractivity contribution in [2.75, 3.05) is 12.4 Å². The van der Waals surface area contributed by atoms with Crippen molar-refractivity contribution in [3.8, 4) is 0 Å². The van der Waals surface area contributed by atoms with Crippen LogP contribution in [0.25, 0.3) is 0 Å². The molecule has 0 aliphatic carbocycles. The Balaban J connectivity index is 1.94. The predicted molar refractivity (Wildman–Crippen MR) is 82.2 cm³/mol. The number of rotatable bonds is 6.